The molecule has 3 aromatic rings. The highest BCUT2D eigenvalue weighted by Crippen LogP contribution is 2.31. The molecule has 0 radical (unpaired) electrons. The monoisotopic (exact) mass is 476 g/mol. The Hall–Kier alpha value is -3.06. The van der Waals surface area contributed by atoms with Crippen molar-refractivity contribution in [3.63, 3.8) is 0 Å². The molecule has 2 aromatic carbocycles. The van der Waals surface area contributed by atoms with Crippen molar-refractivity contribution in [1.29, 1.82) is 0 Å². The van der Waals surface area contributed by atoms with Gasteiger partial charge in [-0.2, -0.15) is 0 Å². The first kappa shape index (κ1) is 24.1. The Morgan fingerprint density at radius 3 is 2.59 bits per heavy atom. The molecule has 0 unspecified atom stereocenters. The number of hydrogen-bond donors (Lipinski definition) is 0. The van der Waals surface area contributed by atoms with E-state index in [2.05, 4.69) is 41.9 Å². The second-order valence-corrected chi connectivity index (χ2v) is 10.0. The highest BCUT2D eigenvalue weighted by atomic mass is 32.2. The number of hydrogen-bond acceptors (Lipinski definition) is 5. The van der Waals surface area contributed by atoms with Gasteiger partial charge in [0.1, 0.15) is 12.4 Å². The number of carbonyl (C=O) groups excluding carboxylic acids is 1. The van der Waals surface area contributed by atoms with Gasteiger partial charge in [0.05, 0.1) is 5.25 Å². The van der Waals surface area contributed by atoms with Crippen LogP contribution in [-0.2, 0) is 17.9 Å². The summed E-state index contributed by atoms with van der Waals surface area (Å²) in [7, 11) is 0. The summed E-state index contributed by atoms with van der Waals surface area (Å²) >= 11 is 1.45. The summed E-state index contributed by atoms with van der Waals surface area (Å²) in [6.45, 7) is 10.6. The molecule has 1 amide bonds. The van der Waals surface area contributed by atoms with Crippen LogP contribution in [0.4, 0.5) is 0 Å². The van der Waals surface area contributed by atoms with E-state index in [9.17, 15) is 4.79 Å². The SMILES string of the molecule is C=CCn1c(COc2ccccc2-c2ccccc2)nnc1S[C@@H](C)C(=O)N1CCC(C)CC1. The number of ether oxygens (including phenoxy) is 1. The summed E-state index contributed by atoms with van der Waals surface area (Å²) in [5.74, 6) is 2.35. The Balaban J connectivity index is 1.46. The van der Waals surface area contributed by atoms with Gasteiger partial charge in [-0.25, -0.2) is 0 Å². The van der Waals surface area contributed by atoms with E-state index in [1.165, 1.54) is 11.8 Å². The lowest BCUT2D eigenvalue weighted by Gasteiger charge is -2.31. The molecule has 4 rings (SSSR count). The van der Waals surface area contributed by atoms with Gasteiger partial charge in [-0.15, -0.1) is 16.8 Å². The fraction of sp³-hybridized carbons (Fsp3) is 0.370. The molecule has 1 aliphatic rings. The van der Waals surface area contributed by atoms with Gasteiger partial charge >= 0.3 is 0 Å². The van der Waals surface area contributed by atoms with Crippen molar-refractivity contribution in [3.05, 3.63) is 73.1 Å². The number of rotatable bonds is 9. The molecule has 1 aliphatic heterocycles. The Morgan fingerprint density at radius 1 is 1.15 bits per heavy atom. The second-order valence-electron chi connectivity index (χ2n) is 8.72. The van der Waals surface area contributed by atoms with E-state index in [-0.39, 0.29) is 17.8 Å². The van der Waals surface area contributed by atoms with Gasteiger partial charge in [-0.1, -0.05) is 73.3 Å². The van der Waals surface area contributed by atoms with Crippen molar-refractivity contribution in [2.24, 2.45) is 5.92 Å². The van der Waals surface area contributed by atoms with Crippen LogP contribution in [0.15, 0.2) is 72.4 Å². The minimum atomic E-state index is -0.228. The van der Waals surface area contributed by atoms with E-state index >= 15 is 0 Å². The van der Waals surface area contributed by atoms with Gasteiger partial charge in [-0.05, 0) is 37.3 Å². The lowest BCUT2D eigenvalue weighted by atomic mass is 9.99. The lowest BCUT2D eigenvalue weighted by Crippen LogP contribution is -2.41. The third kappa shape index (κ3) is 5.70. The van der Waals surface area contributed by atoms with Crippen molar-refractivity contribution in [2.75, 3.05) is 13.1 Å². The van der Waals surface area contributed by atoms with E-state index in [1.807, 2.05) is 58.9 Å². The topological polar surface area (TPSA) is 60.2 Å². The number of nitrogens with zero attached hydrogens (tertiary/aromatic N) is 4. The number of thioether (sulfide) groups is 1. The smallest absolute Gasteiger partial charge is 0.235 e. The van der Waals surface area contributed by atoms with Crippen molar-refractivity contribution >= 4 is 17.7 Å². The zero-order valence-corrected chi connectivity index (χ0v) is 20.7. The number of amides is 1. The lowest BCUT2D eigenvalue weighted by molar-refractivity contribution is -0.131. The third-order valence-corrected chi connectivity index (χ3v) is 7.23. The molecule has 0 bridgehead atoms. The summed E-state index contributed by atoms with van der Waals surface area (Å²) in [5, 5.41) is 9.25. The van der Waals surface area contributed by atoms with E-state index in [0.29, 0.717) is 23.4 Å². The minimum Gasteiger partial charge on any atom is -0.485 e. The van der Waals surface area contributed by atoms with Crippen LogP contribution in [0.1, 0.15) is 32.5 Å². The maximum absolute atomic E-state index is 13.0. The van der Waals surface area contributed by atoms with Crippen molar-refractivity contribution in [3.8, 4) is 16.9 Å². The molecule has 0 aliphatic carbocycles. The number of piperidine rings is 1. The molecule has 0 spiro atoms. The molecular formula is C27H32N4O2S. The Bertz CT molecular complexity index is 1110. The van der Waals surface area contributed by atoms with Gasteiger partial charge in [0.2, 0.25) is 5.91 Å². The number of likely N-dealkylation sites (tertiary alicyclic amines) is 1. The van der Waals surface area contributed by atoms with Crippen molar-refractivity contribution in [2.45, 2.75) is 50.2 Å². The first-order valence-electron chi connectivity index (χ1n) is 11.8. The molecule has 1 fully saturated rings. The van der Waals surface area contributed by atoms with E-state index < -0.39 is 0 Å². The fourth-order valence-corrected chi connectivity index (χ4v) is 5.07. The molecule has 0 saturated carbocycles. The number of para-hydroxylation sites is 1. The average Bonchev–Trinajstić information content (AvgIpc) is 3.24. The molecular weight excluding hydrogens is 444 g/mol. The van der Waals surface area contributed by atoms with Crippen LogP contribution < -0.4 is 4.74 Å². The number of carbonyl (C=O) groups is 1. The number of allylic oxidation sites excluding steroid dienone is 1. The first-order chi connectivity index (χ1) is 16.6. The Morgan fingerprint density at radius 2 is 1.85 bits per heavy atom. The Kier molecular flexibility index (Phi) is 8.06. The predicted molar refractivity (Wildman–Crippen MR) is 137 cm³/mol. The molecule has 7 heteroatoms. The summed E-state index contributed by atoms with van der Waals surface area (Å²) in [4.78, 5) is 15.0. The largest absolute Gasteiger partial charge is 0.485 e. The maximum Gasteiger partial charge on any atom is 0.235 e. The molecule has 2 heterocycles. The molecule has 34 heavy (non-hydrogen) atoms. The van der Waals surface area contributed by atoms with Crippen LogP contribution in [-0.4, -0.2) is 43.9 Å². The summed E-state index contributed by atoms with van der Waals surface area (Å²) < 4.78 is 8.17. The average molecular weight is 477 g/mol. The Labute approximate surface area is 206 Å². The van der Waals surface area contributed by atoms with E-state index in [1.54, 1.807) is 0 Å². The van der Waals surface area contributed by atoms with Gasteiger partial charge in [-0.3, -0.25) is 9.36 Å². The standard InChI is InChI=1S/C27H32N4O2S/c1-4-16-31-25(19-33-24-13-9-8-12-23(24)22-10-6-5-7-11-22)28-29-27(31)34-21(3)26(32)30-17-14-20(2)15-18-30/h4-13,20-21H,1,14-19H2,2-3H3/t21-/m0/s1. The van der Waals surface area contributed by atoms with Crippen molar-refractivity contribution < 1.29 is 9.53 Å². The molecule has 6 nitrogen and oxygen atoms in total. The van der Waals surface area contributed by atoms with Crippen molar-refractivity contribution in [1.82, 2.24) is 19.7 Å². The van der Waals surface area contributed by atoms with Crippen LogP contribution in [0.2, 0.25) is 0 Å². The highest BCUT2D eigenvalue weighted by molar-refractivity contribution is 8.00. The summed E-state index contributed by atoms with van der Waals surface area (Å²) in [5.41, 5.74) is 2.13. The molecule has 1 aromatic heterocycles. The van der Waals surface area contributed by atoms with E-state index in [4.69, 9.17) is 4.74 Å². The quantitative estimate of drug-likeness (QED) is 0.304. The number of benzene rings is 2. The third-order valence-electron chi connectivity index (χ3n) is 6.16. The maximum atomic E-state index is 13.0. The van der Waals surface area contributed by atoms with E-state index in [0.717, 1.165) is 42.8 Å². The molecule has 0 N–H and O–H groups in total. The zero-order valence-electron chi connectivity index (χ0n) is 19.9. The van der Waals surface area contributed by atoms with Crippen LogP contribution >= 0.6 is 11.8 Å². The van der Waals surface area contributed by atoms with Crippen LogP contribution in [0.5, 0.6) is 5.75 Å². The fourth-order valence-electron chi connectivity index (χ4n) is 4.11. The predicted octanol–water partition coefficient (Wildman–Crippen LogP) is 5.45. The normalized spacial score (nSPS) is 15.2. The van der Waals surface area contributed by atoms with Crippen LogP contribution in [0.3, 0.4) is 0 Å². The minimum absolute atomic E-state index is 0.166. The summed E-state index contributed by atoms with van der Waals surface area (Å²) in [6, 6.07) is 18.2. The second kappa shape index (κ2) is 11.4. The number of aromatic nitrogens is 3. The first-order valence-corrected chi connectivity index (χ1v) is 12.7. The molecule has 1 atom stereocenters. The van der Waals surface area contributed by atoms with Gasteiger partial charge in [0, 0.05) is 25.2 Å². The van der Waals surface area contributed by atoms with Gasteiger partial charge in [0.25, 0.3) is 0 Å². The molecule has 1 saturated heterocycles. The van der Waals surface area contributed by atoms with Gasteiger partial charge < -0.3 is 9.64 Å². The van der Waals surface area contributed by atoms with Gasteiger partial charge in [0.15, 0.2) is 11.0 Å². The summed E-state index contributed by atoms with van der Waals surface area (Å²) in [6.07, 6.45) is 3.96. The zero-order chi connectivity index (χ0) is 23.9. The highest BCUT2D eigenvalue weighted by Gasteiger charge is 2.27. The molecule has 178 valence electrons. The van der Waals surface area contributed by atoms with Crippen LogP contribution in [0, 0.1) is 5.92 Å². The van der Waals surface area contributed by atoms with Crippen LogP contribution in [0.25, 0.3) is 11.1 Å².